The van der Waals surface area contributed by atoms with Crippen molar-refractivity contribution in [1.29, 1.82) is 5.41 Å². The van der Waals surface area contributed by atoms with Crippen LogP contribution in [0.2, 0.25) is 0 Å². The van der Waals surface area contributed by atoms with Crippen LogP contribution < -0.4 is 66.7 Å². The first-order chi connectivity index (χ1) is 45.7. The Bertz CT molecular complexity index is 2800. The van der Waals surface area contributed by atoms with E-state index in [0.717, 1.165) is 19.8 Å². The fourth-order valence-electron chi connectivity index (χ4n) is 11.8. The number of rotatable bonds is 51. The Morgan fingerprint density at radius 2 is 1.10 bits per heavy atom. The summed E-state index contributed by atoms with van der Waals surface area (Å²) in [7, 11) is 0. The number of aliphatic carboxylic acids is 1. The third-order valence-corrected chi connectivity index (χ3v) is 17.2. The average molecular weight is 1370 g/mol. The van der Waals surface area contributed by atoms with Crippen LogP contribution in [0.5, 0.6) is 5.75 Å². The summed E-state index contributed by atoms with van der Waals surface area (Å²) in [6.07, 6.45) is 0.350. The van der Waals surface area contributed by atoms with Gasteiger partial charge in [0.05, 0.1) is 42.4 Å². The van der Waals surface area contributed by atoms with Gasteiger partial charge in [-0.25, -0.2) is 0 Å². The minimum absolute atomic E-state index is 0.00858. The molecule has 0 radical (unpaired) electrons. The maximum atomic E-state index is 14.6. The first kappa shape index (κ1) is 85.1. The number of carbonyl (C=O) groups is 12. The van der Waals surface area contributed by atoms with Gasteiger partial charge in [0.1, 0.15) is 23.9 Å². The molecule has 1 saturated heterocycles. The van der Waals surface area contributed by atoms with Crippen molar-refractivity contribution in [1.82, 2.24) is 31.5 Å². The highest BCUT2D eigenvalue weighted by molar-refractivity contribution is 6.00. The number of Topliss-reactive ketones (excluding diaryl/α,β-unsaturated/α-hetero) is 4. The Morgan fingerprint density at radius 1 is 0.577 bits per heavy atom. The number of carboxylic acids is 1. The molecule has 97 heavy (non-hydrogen) atoms. The van der Waals surface area contributed by atoms with E-state index < -0.39 is 157 Å². The number of nitrogens with two attached hydrogens (primary N) is 7. The van der Waals surface area contributed by atoms with Crippen LogP contribution in [-0.2, 0) is 64.0 Å². The van der Waals surface area contributed by atoms with Crippen molar-refractivity contribution in [2.24, 2.45) is 86.6 Å². The van der Waals surface area contributed by atoms with Crippen LogP contribution in [0.25, 0.3) is 0 Å². The summed E-state index contributed by atoms with van der Waals surface area (Å²) in [6, 6.07) is -2.28. The minimum atomic E-state index is -1.82. The summed E-state index contributed by atoms with van der Waals surface area (Å²) in [4.78, 5) is 172. The van der Waals surface area contributed by atoms with Crippen molar-refractivity contribution >= 4 is 82.2 Å². The van der Waals surface area contributed by atoms with Gasteiger partial charge in [-0.05, 0) is 139 Å². The van der Waals surface area contributed by atoms with Crippen LogP contribution in [0, 0.1) is 46.8 Å². The summed E-state index contributed by atoms with van der Waals surface area (Å²) >= 11 is 0. The van der Waals surface area contributed by atoms with E-state index in [4.69, 9.17) is 45.5 Å². The summed E-state index contributed by atoms with van der Waals surface area (Å²) in [5.74, 6) is -14.9. The summed E-state index contributed by atoms with van der Waals surface area (Å²) in [5, 5.41) is 52.0. The zero-order valence-corrected chi connectivity index (χ0v) is 57.7. The summed E-state index contributed by atoms with van der Waals surface area (Å²) in [5.41, 5.74) is 40.3. The number of amidine groups is 1. The normalized spacial score (nSPS) is 16.4. The number of aliphatic hydroxyl groups is 1. The number of carboxylic acid groups (broad SMARTS) is 1. The number of phenolic OH excluding ortho intramolecular Hbond substituents is 1. The molecule has 0 saturated carbocycles. The maximum absolute atomic E-state index is 14.6. The SMILES string of the molecule is CC(C)C[C@H](CC(=O)[C@H](CCCN=C(N)N)NC(=O)[C@@H](CC(=O)[C@H](CCCCN)NC(=O)[C@H](CC(=O)O)CC(=O)[C@@H](NC(=O)[C@H](CN)NC(=O)[C@@H]1CCCN1C(=O)[C@H](CCCCC(=N)N)CC(=O)[C@H](CC(C)C)NC(=O)[C@@H](C)CCCCN)[C@@H](C)O)Cc1ccc(O)cc1)C(N)=O. The Hall–Kier alpha value is -7.96. The molecule has 546 valence electrons. The zero-order valence-electron chi connectivity index (χ0n) is 57.7. The van der Waals surface area contributed by atoms with Crippen LogP contribution in [0.15, 0.2) is 29.3 Å². The number of guanidine groups is 1. The fourth-order valence-corrected chi connectivity index (χ4v) is 11.8. The van der Waals surface area contributed by atoms with E-state index >= 15 is 0 Å². The second kappa shape index (κ2) is 44.8. The first-order valence-electron chi connectivity index (χ1n) is 34.1. The first-order valence-corrected chi connectivity index (χ1v) is 34.1. The number of ketones is 4. The predicted molar refractivity (Wildman–Crippen MR) is 365 cm³/mol. The predicted octanol–water partition coefficient (Wildman–Crippen LogP) is 0.487. The van der Waals surface area contributed by atoms with Gasteiger partial charge in [0.25, 0.3) is 0 Å². The van der Waals surface area contributed by atoms with Crippen molar-refractivity contribution in [2.45, 2.75) is 225 Å². The number of amides is 7. The molecule has 30 heteroatoms. The van der Waals surface area contributed by atoms with Gasteiger partial charge in [-0.15, -0.1) is 0 Å². The second-order valence-electron chi connectivity index (χ2n) is 26.7. The van der Waals surface area contributed by atoms with Crippen LogP contribution in [0.1, 0.15) is 182 Å². The van der Waals surface area contributed by atoms with Crippen LogP contribution in [-0.4, -0.2) is 178 Å². The number of primary amides is 1. The molecule has 30 nitrogen and oxygen atoms in total. The molecule has 1 heterocycles. The largest absolute Gasteiger partial charge is 0.508 e. The van der Waals surface area contributed by atoms with Crippen molar-refractivity contribution in [3.05, 3.63) is 29.8 Å². The molecular weight excluding hydrogens is 1250 g/mol. The molecule has 0 bridgehead atoms. The van der Waals surface area contributed by atoms with Gasteiger partial charge in [-0.3, -0.25) is 67.9 Å². The summed E-state index contributed by atoms with van der Waals surface area (Å²) < 4.78 is 0. The average Bonchev–Trinajstić information content (AvgIpc) is 1.74. The molecule has 1 aromatic carbocycles. The topological polar surface area (TPSA) is 547 Å². The lowest BCUT2D eigenvalue weighted by molar-refractivity contribution is -0.144. The molecule has 2 rings (SSSR count). The van der Waals surface area contributed by atoms with Gasteiger partial charge < -0.3 is 86.9 Å². The van der Waals surface area contributed by atoms with E-state index in [0.29, 0.717) is 50.6 Å². The van der Waals surface area contributed by atoms with Crippen LogP contribution in [0.4, 0.5) is 0 Å². The molecule has 23 N–H and O–H groups in total. The molecular formula is C67H113N15O15. The molecule has 0 aromatic heterocycles. The number of hydrogen-bond acceptors (Lipinski definition) is 19. The summed E-state index contributed by atoms with van der Waals surface area (Å²) in [6.45, 7) is 10.7. The number of phenols is 1. The Morgan fingerprint density at radius 3 is 1.64 bits per heavy atom. The van der Waals surface area contributed by atoms with Gasteiger partial charge in [-0.2, -0.15) is 0 Å². The van der Waals surface area contributed by atoms with E-state index in [9.17, 15) is 72.9 Å². The van der Waals surface area contributed by atoms with E-state index in [-0.39, 0.29) is 131 Å². The molecule has 12 atom stereocenters. The monoisotopic (exact) mass is 1370 g/mol. The van der Waals surface area contributed by atoms with Crippen molar-refractivity contribution in [3.63, 3.8) is 0 Å². The molecule has 0 aliphatic carbocycles. The van der Waals surface area contributed by atoms with Crippen molar-refractivity contribution in [3.8, 4) is 5.75 Å². The number of nitrogens with one attached hydrogen (secondary N) is 6. The van der Waals surface area contributed by atoms with Crippen molar-refractivity contribution in [2.75, 3.05) is 32.7 Å². The number of aromatic hydroxyl groups is 1. The van der Waals surface area contributed by atoms with Gasteiger partial charge in [0.2, 0.25) is 41.4 Å². The number of benzene rings is 1. The van der Waals surface area contributed by atoms with Gasteiger partial charge in [-0.1, -0.05) is 59.6 Å². The molecule has 1 aliphatic heterocycles. The lowest BCUT2D eigenvalue weighted by Crippen LogP contribution is -2.59. The number of likely N-dealkylation sites (tertiary alicyclic amines) is 1. The van der Waals surface area contributed by atoms with Crippen LogP contribution in [0.3, 0.4) is 0 Å². The number of unbranched alkanes of at least 4 members (excludes halogenated alkanes) is 3. The molecule has 0 unspecified atom stereocenters. The molecule has 0 spiro atoms. The van der Waals surface area contributed by atoms with E-state index in [1.165, 1.54) is 29.2 Å². The van der Waals surface area contributed by atoms with E-state index in [1.54, 1.807) is 6.92 Å². The number of aliphatic imine (C=N–C) groups is 1. The number of carbonyl (C=O) groups excluding carboxylic acids is 11. The quantitative estimate of drug-likeness (QED) is 0.0240. The van der Waals surface area contributed by atoms with Crippen LogP contribution >= 0.6 is 0 Å². The standard InChI is InChI=1S/C67H113N15O15/c1-38(2)29-44(60(73)91)33-53(85)49(18-13-27-76-67(74)75)78-62(93)45(31-42-21-23-47(84)24-22-42)34-54(86)48(17-10-12-26-69)77-63(94)46(36-58(89)90)35-56(88)59(41(6)83)81-64(95)51(37-70)80-65(96)52-19-14-28-82(52)66(97)43(16-7-8-20-57(71)72)32-55(87)50(30-39(3)4)79-61(92)40(5)15-9-11-25-68/h21-24,38-41,43-46,48-52,59,83-84H,7-20,25-37,68-70H2,1-6H3,(H3,71,72)(H2,73,91)(H,77,94)(H,78,93)(H,79,92)(H,80,96)(H,81,95)(H,89,90)(H4,74,75,76)/t40-,41+,43+,44+,45+,46-,48-,49-,50-,51-,52-,59-/m0/s1. The second-order valence-corrected chi connectivity index (χ2v) is 26.7. The molecule has 1 aliphatic rings. The van der Waals surface area contributed by atoms with E-state index in [2.05, 4.69) is 31.6 Å². The number of aliphatic hydroxyl groups excluding tert-OH is 1. The lowest BCUT2D eigenvalue weighted by Gasteiger charge is -2.30. The maximum Gasteiger partial charge on any atom is 0.304 e. The number of nitrogens with zero attached hydrogens (tertiary/aromatic N) is 2. The Kier molecular flexibility index (Phi) is 39.3. The molecule has 7 amide bonds. The highest BCUT2D eigenvalue weighted by Crippen LogP contribution is 2.28. The Labute approximate surface area is 569 Å². The minimum Gasteiger partial charge on any atom is -0.508 e. The fraction of sp³-hybridized carbons (Fsp3) is 0.701. The third kappa shape index (κ3) is 32.3. The number of hydrogen-bond donors (Lipinski definition) is 16. The lowest BCUT2D eigenvalue weighted by atomic mass is 9.87. The Balaban J connectivity index is 2.45. The van der Waals surface area contributed by atoms with Gasteiger partial charge >= 0.3 is 5.97 Å². The third-order valence-electron chi connectivity index (χ3n) is 17.2. The smallest absolute Gasteiger partial charge is 0.304 e. The molecule has 1 fully saturated rings. The van der Waals surface area contributed by atoms with Gasteiger partial charge in [0, 0.05) is 75.4 Å². The highest BCUT2D eigenvalue weighted by Gasteiger charge is 2.41. The molecule has 1 aromatic rings. The van der Waals surface area contributed by atoms with E-state index in [1.807, 2.05) is 27.7 Å². The highest BCUT2D eigenvalue weighted by atomic mass is 16.4. The van der Waals surface area contributed by atoms with Crippen molar-refractivity contribution < 1.29 is 72.9 Å². The zero-order chi connectivity index (χ0) is 73.1. The van der Waals surface area contributed by atoms with Gasteiger partial charge in [0.15, 0.2) is 29.1 Å².